The van der Waals surface area contributed by atoms with Crippen molar-refractivity contribution in [3.05, 3.63) is 29.6 Å². The summed E-state index contributed by atoms with van der Waals surface area (Å²) in [4.78, 5) is 4.64. The van der Waals surface area contributed by atoms with Crippen molar-refractivity contribution in [2.24, 2.45) is 5.73 Å². The summed E-state index contributed by atoms with van der Waals surface area (Å²) in [5.41, 5.74) is 6.87. The average molecular weight is 295 g/mol. The molecule has 21 heavy (non-hydrogen) atoms. The lowest BCUT2D eigenvalue weighted by molar-refractivity contribution is 0.109. The lowest BCUT2D eigenvalue weighted by atomic mass is 9.98. The first-order valence-corrected chi connectivity index (χ1v) is 7.50. The number of nitrogens with zero attached hydrogens (tertiary/aromatic N) is 2. The Morgan fingerprint density at radius 2 is 2.10 bits per heavy atom. The van der Waals surface area contributed by atoms with Gasteiger partial charge < -0.3 is 15.4 Å². The van der Waals surface area contributed by atoms with Crippen LogP contribution in [-0.4, -0.2) is 56.7 Å². The van der Waals surface area contributed by atoms with Crippen LogP contribution in [0.4, 0.5) is 4.39 Å². The molecule has 1 heterocycles. The summed E-state index contributed by atoms with van der Waals surface area (Å²) in [6.07, 6.45) is 2.25. The average Bonchev–Trinajstić information content (AvgIpc) is 2.49. The number of likely N-dealkylation sites (N-methyl/N-ethyl adjacent to an activating group) is 1. The van der Waals surface area contributed by atoms with Gasteiger partial charge in [0.25, 0.3) is 0 Å². The van der Waals surface area contributed by atoms with E-state index in [2.05, 4.69) is 23.9 Å². The molecule has 1 aromatic carbocycles. The van der Waals surface area contributed by atoms with Gasteiger partial charge in [-0.3, -0.25) is 4.90 Å². The molecule has 4 nitrogen and oxygen atoms in total. The molecule has 1 saturated heterocycles. The molecule has 1 aromatic rings. The van der Waals surface area contributed by atoms with Crippen LogP contribution in [-0.2, 0) is 0 Å². The zero-order valence-corrected chi connectivity index (χ0v) is 13.2. The molecule has 5 heteroatoms. The normalized spacial score (nSPS) is 19.0. The number of halogens is 1. The van der Waals surface area contributed by atoms with Crippen LogP contribution in [0.25, 0.3) is 0 Å². The fourth-order valence-electron chi connectivity index (χ4n) is 3.08. The summed E-state index contributed by atoms with van der Waals surface area (Å²) in [6.45, 7) is 2.68. The Kier molecular flexibility index (Phi) is 5.56. The fourth-order valence-corrected chi connectivity index (χ4v) is 3.08. The second-order valence-corrected chi connectivity index (χ2v) is 5.85. The molecule has 0 aliphatic carbocycles. The lowest BCUT2D eigenvalue weighted by Gasteiger charge is -2.39. The predicted octanol–water partition coefficient (Wildman–Crippen LogP) is 1.86. The van der Waals surface area contributed by atoms with E-state index in [1.54, 1.807) is 12.1 Å². The molecular formula is C16H26FN3O. The van der Waals surface area contributed by atoms with Gasteiger partial charge in [0, 0.05) is 18.6 Å². The van der Waals surface area contributed by atoms with Crippen molar-refractivity contribution in [2.45, 2.75) is 24.9 Å². The minimum absolute atomic E-state index is 0.0406. The molecular weight excluding hydrogens is 269 g/mol. The maximum Gasteiger partial charge on any atom is 0.165 e. The van der Waals surface area contributed by atoms with Gasteiger partial charge in [-0.1, -0.05) is 6.07 Å². The predicted molar refractivity (Wildman–Crippen MR) is 83.0 cm³/mol. The second kappa shape index (κ2) is 7.20. The van der Waals surface area contributed by atoms with Gasteiger partial charge in [0.05, 0.1) is 7.11 Å². The van der Waals surface area contributed by atoms with Crippen LogP contribution < -0.4 is 10.5 Å². The molecule has 0 aromatic heterocycles. The number of hydrogen-bond acceptors (Lipinski definition) is 4. The van der Waals surface area contributed by atoms with Crippen molar-refractivity contribution < 1.29 is 9.13 Å². The zero-order valence-electron chi connectivity index (χ0n) is 13.2. The highest BCUT2D eigenvalue weighted by Gasteiger charge is 2.26. The minimum atomic E-state index is -0.328. The third-order valence-corrected chi connectivity index (χ3v) is 4.54. The molecule has 0 spiro atoms. The van der Waals surface area contributed by atoms with E-state index in [9.17, 15) is 4.39 Å². The molecule has 0 bridgehead atoms. The van der Waals surface area contributed by atoms with Gasteiger partial charge in [-0.05, 0) is 57.7 Å². The van der Waals surface area contributed by atoms with E-state index in [0.29, 0.717) is 12.6 Å². The number of piperidine rings is 1. The molecule has 1 aliphatic rings. The number of methoxy groups -OCH3 is 1. The van der Waals surface area contributed by atoms with Crippen molar-refractivity contribution in [2.75, 3.05) is 40.8 Å². The summed E-state index contributed by atoms with van der Waals surface area (Å²) in [6, 6.07) is 5.67. The lowest BCUT2D eigenvalue weighted by Crippen LogP contribution is -2.45. The summed E-state index contributed by atoms with van der Waals surface area (Å²) in [5, 5.41) is 0. The van der Waals surface area contributed by atoms with E-state index in [4.69, 9.17) is 10.5 Å². The Hall–Kier alpha value is -1.17. The summed E-state index contributed by atoms with van der Waals surface area (Å²) >= 11 is 0. The van der Waals surface area contributed by atoms with Crippen molar-refractivity contribution in [1.82, 2.24) is 9.80 Å². The maximum atomic E-state index is 13.9. The smallest absolute Gasteiger partial charge is 0.165 e. The Morgan fingerprint density at radius 3 is 2.62 bits per heavy atom. The monoisotopic (exact) mass is 295 g/mol. The standard InChI is InChI=1S/C16H26FN3O/c1-19-8-6-13(7-9-19)20(2)15(11-18)12-4-5-16(21-3)14(17)10-12/h4-5,10,13,15H,6-9,11,18H2,1-3H3. The SMILES string of the molecule is COc1ccc(C(CN)N(C)C2CCN(C)CC2)cc1F. The summed E-state index contributed by atoms with van der Waals surface area (Å²) in [7, 11) is 5.72. The second-order valence-electron chi connectivity index (χ2n) is 5.85. The van der Waals surface area contributed by atoms with Gasteiger partial charge >= 0.3 is 0 Å². The highest BCUT2D eigenvalue weighted by molar-refractivity contribution is 5.31. The topological polar surface area (TPSA) is 41.7 Å². The van der Waals surface area contributed by atoms with Crippen molar-refractivity contribution in [1.29, 1.82) is 0 Å². The molecule has 1 unspecified atom stereocenters. The molecule has 118 valence electrons. The number of nitrogens with two attached hydrogens (primary N) is 1. The van der Waals surface area contributed by atoms with E-state index in [-0.39, 0.29) is 17.6 Å². The molecule has 1 fully saturated rings. The maximum absolute atomic E-state index is 13.9. The minimum Gasteiger partial charge on any atom is -0.494 e. The number of hydrogen-bond donors (Lipinski definition) is 1. The van der Waals surface area contributed by atoms with Gasteiger partial charge in [-0.25, -0.2) is 4.39 Å². The van der Waals surface area contributed by atoms with Crippen LogP contribution in [0, 0.1) is 5.82 Å². The summed E-state index contributed by atoms with van der Waals surface area (Å²) < 4.78 is 18.9. The molecule has 0 amide bonds. The number of likely N-dealkylation sites (tertiary alicyclic amines) is 1. The van der Waals surface area contributed by atoms with E-state index in [1.807, 2.05) is 6.07 Å². The largest absolute Gasteiger partial charge is 0.494 e. The van der Waals surface area contributed by atoms with Crippen molar-refractivity contribution >= 4 is 0 Å². The van der Waals surface area contributed by atoms with Crippen LogP contribution in [0.5, 0.6) is 5.75 Å². The Balaban J connectivity index is 2.13. The zero-order chi connectivity index (χ0) is 15.4. The molecule has 0 radical (unpaired) electrons. The fraction of sp³-hybridized carbons (Fsp3) is 0.625. The molecule has 2 N–H and O–H groups in total. The molecule has 1 aliphatic heterocycles. The van der Waals surface area contributed by atoms with Gasteiger partial charge in [0.2, 0.25) is 0 Å². The molecule has 2 rings (SSSR count). The van der Waals surface area contributed by atoms with E-state index in [1.165, 1.54) is 7.11 Å². The Morgan fingerprint density at radius 1 is 1.43 bits per heavy atom. The quantitative estimate of drug-likeness (QED) is 0.900. The van der Waals surface area contributed by atoms with E-state index >= 15 is 0 Å². The highest BCUT2D eigenvalue weighted by Crippen LogP contribution is 2.28. The first-order chi connectivity index (χ1) is 10.1. The van der Waals surface area contributed by atoms with Gasteiger partial charge in [-0.2, -0.15) is 0 Å². The van der Waals surface area contributed by atoms with Gasteiger partial charge in [0.1, 0.15) is 0 Å². The van der Waals surface area contributed by atoms with E-state index in [0.717, 1.165) is 31.5 Å². The van der Waals surface area contributed by atoms with E-state index < -0.39 is 0 Å². The van der Waals surface area contributed by atoms with Crippen LogP contribution in [0.3, 0.4) is 0 Å². The molecule has 0 saturated carbocycles. The van der Waals surface area contributed by atoms with Crippen molar-refractivity contribution in [3.63, 3.8) is 0 Å². The number of benzene rings is 1. The highest BCUT2D eigenvalue weighted by atomic mass is 19.1. The Labute approximate surface area is 126 Å². The van der Waals surface area contributed by atoms with Crippen molar-refractivity contribution in [3.8, 4) is 5.75 Å². The third kappa shape index (κ3) is 3.73. The number of rotatable bonds is 5. The summed E-state index contributed by atoms with van der Waals surface area (Å²) in [5.74, 6) is -0.0540. The first-order valence-electron chi connectivity index (χ1n) is 7.50. The van der Waals surface area contributed by atoms with Gasteiger partial charge in [0.15, 0.2) is 11.6 Å². The van der Waals surface area contributed by atoms with Gasteiger partial charge in [-0.15, -0.1) is 0 Å². The third-order valence-electron chi connectivity index (χ3n) is 4.54. The molecule has 1 atom stereocenters. The first kappa shape index (κ1) is 16.2. The van der Waals surface area contributed by atoms with Crippen LogP contribution in [0.1, 0.15) is 24.4 Å². The van der Waals surface area contributed by atoms with Crippen LogP contribution in [0.15, 0.2) is 18.2 Å². The van der Waals surface area contributed by atoms with Crippen LogP contribution in [0.2, 0.25) is 0 Å². The van der Waals surface area contributed by atoms with Crippen LogP contribution >= 0.6 is 0 Å². The number of ether oxygens (including phenoxy) is 1. The Bertz CT molecular complexity index is 461.